The number of aliphatic hydroxyl groups excluding tert-OH is 1. The van der Waals surface area contributed by atoms with E-state index < -0.39 is 0 Å². The number of rotatable bonds is 2. The number of carbonyl (C=O) groups excluding carboxylic acids is 1. The van der Waals surface area contributed by atoms with Gasteiger partial charge in [0.2, 0.25) is 0 Å². The molecule has 0 spiro atoms. The van der Waals surface area contributed by atoms with Crippen molar-refractivity contribution < 1.29 is 14.6 Å². The Kier molecular flexibility index (Phi) is 3.03. The molecule has 1 amide bonds. The number of carbonyl (C=O) groups is 1. The summed E-state index contributed by atoms with van der Waals surface area (Å²) in [5.41, 5.74) is 0. The standard InChI is InChI=1S/C10H17NO3/c12-7-8-3-1-5-11(8)10(13)9-4-2-6-14-9/h8-9,12H,1-7H2/t8-,9?/m0/s1. The molecule has 0 saturated carbocycles. The van der Waals surface area contributed by atoms with Crippen molar-refractivity contribution >= 4 is 5.91 Å². The first-order valence-electron chi connectivity index (χ1n) is 5.36. The van der Waals surface area contributed by atoms with Gasteiger partial charge in [-0.1, -0.05) is 0 Å². The van der Waals surface area contributed by atoms with Crippen LogP contribution in [0.5, 0.6) is 0 Å². The molecule has 14 heavy (non-hydrogen) atoms. The van der Waals surface area contributed by atoms with E-state index in [1.807, 2.05) is 0 Å². The van der Waals surface area contributed by atoms with Crippen LogP contribution < -0.4 is 0 Å². The fraction of sp³-hybridized carbons (Fsp3) is 0.900. The van der Waals surface area contributed by atoms with Crippen LogP contribution in [0.3, 0.4) is 0 Å². The van der Waals surface area contributed by atoms with Gasteiger partial charge in [0, 0.05) is 13.2 Å². The zero-order valence-electron chi connectivity index (χ0n) is 8.32. The predicted octanol–water partition coefficient (Wildman–Crippen LogP) is 0.149. The maximum absolute atomic E-state index is 11.9. The maximum Gasteiger partial charge on any atom is 0.252 e. The van der Waals surface area contributed by atoms with Gasteiger partial charge < -0.3 is 14.7 Å². The summed E-state index contributed by atoms with van der Waals surface area (Å²) in [5.74, 6) is 0.0825. The molecule has 2 aliphatic heterocycles. The molecule has 0 aromatic heterocycles. The van der Waals surface area contributed by atoms with Crippen LogP contribution >= 0.6 is 0 Å². The summed E-state index contributed by atoms with van der Waals surface area (Å²) in [4.78, 5) is 13.7. The van der Waals surface area contributed by atoms with E-state index in [1.54, 1.807) is 4.90 Å². The number of likely N-dealkylation sites (tertiary alicyclic amines) is 1. The summed E-state index contributed by atoms with van der Waals surface area (Å²) in [5, 5.41) is 9.09. The molecule has 2 rings (SSSR count). The van der Waals surface area contributed by atoms with E-state index in [1.165, 1.54) is 0 Å². The average Bonchev–Trinajstić information content (AvgIpc) is 2.87. The largest absolute Gasteiger partial charge is 0.394 e. The van der Waals surface area contributed by atoms with Gasteiger partial charge in [0.25, 0.3) is 5.91 Å². The lowest BCUT2D eigenvalue weighted by molar-refractivity contribution is -0.142. The van der Waals surface area contributed by atoms with Crippen molar-refractivity contribution in [2.75, 3.05) is 19.8 Å². The summed E-state index contributed by atoms with van der Waals surface area (Å²) in [7, 11) is 0. The van der Waals surface area contributed by atoms with Gasteiger partial charge in [-0.2, -0.15) is 0 Å². The van der Waals surface area contributed by atoms with Crippen LogP contribution in [0.2, 0.25) is 0 Å². The van der Waals surface area contributed by atoms with Crippen molar-refractivity contribution in [1.29, 1.82) is 0 Å². The minimum absolute atomic E-state index is 0.0340. The van der Waals surface area contributed by atoms with Gasteiger partial charge in [-0.15, -0.1) is 0 Å². The Labute approximate surface area is 83.8 Å². The molecule has 0 aromatic carbocycles. The van der Waals surface area contributed by atoms with Gasteiger partial charge in [0.05, 0.1) is 12.6 Å². The first-order valence-corrected chi connectivity index (χ1v) is 5.36. The SMILES string of the molecule is O=C(C1CCCO1)N1CCC[C@H]1CO. The quantitative estimate of drug-likeness (QED) is 0.688. The first kappa shape index (κ1) is 9.93. The van der Waals surface area contributed by atoms with Crippen molar-refractivity contribution in [3.05, 3.63) is 0 Å². The highest BCUT2D eigenvalue weighted by Crippen LogP contribution is 2.22. The lowest BCUT2D eigenvalue weighted by Gasteiger charge is -2.25. The Bertz CT molecular complexity index is 213. The smallest absolute Gasteiger partial charge is 0.252 e. The highest BCUT2D eigenvalue weighted by Gasteiger charge is 2.34. The highest BCUT2D eigenvalue weighted by atomic mass is 16.5. The predicted molar refractivity (Wildman–Crippen MR) is 50.8 cm³/mol. The van der Waals surface area contributed by atoms with Gasteiger partial charge in [0.1, 0.15) is 6.10 Å². The molecule has 4 nitrogen and oxygen atoms in total. The van der Waals surface area contributed by atoms with Gasteiger partial charge in [0.15, 0.2) is 0 Å². The van der Waals surface area contributed by atoms with E-state index in [0.29, 0.717) is 6.61 Å². The highest BCUT2D eigenvalue weighted by molar-refractivity contribution is 5.81. The zero-order valence-corrected chi connectivity index (χ0v) is 8.32. The Morgan fingerprint density at radius 3 is 2.93 bits per heavy atom. The molecule has 2 fully saturated rings. The second-order valence-corrected chi connectivity index (χ2v) is 4.01. The number of ether oxygens (including phenoxy) is 1. The normalized spacial score (nSPS) is 32.5. The van der Waals surface area contributed by atoms with Crippen LogP contribution in [0.15, 0.2) is 0 Å². The molecule has 2 saturated heterocycles. The summed E-state index contributed by atoms with van der Waals surface area (Å²) in [6.45, 7) is 1.57. The van der Waals surface area contributed by atoms with Crippen molar-refractivity contribution in [1.82, 2.24) is 4.90 Å². The summed E-state index contributed by atoms with van der Waals surface area (Å²) < 4.78 is 5.35. The third kappa shape index (κ3) is 1.77. The van der Waals surface area contributed by atoms with Gasteiger partial charge in [-0.05, 0) is 25.7 Å². The molecule has 2 heterocycles. The van der Waals surface area contributed by atoms with Gasteiger partial charge in [-0.3, -0.25) is 4.79 Å². The van der Waals surface area contributed by atoms with E-state index in [2.05, 4.69) is 0 Å². The summed E-state index contributed by atoms with van der Waals surface area (Å²) in [6.07, 6.45) is 3.52. The molecule has 0 bridgehead atoms. The van der Waals surface area contributed by atoms with Crippen molar-refractivity contribution in [3.8, 4) is 0 Å². The summed E-state index contributed by atoms with van der Waals surface area (Å²) in [6, 6.07) is 0.0340. The summed E-state index contributed by atoms with van der Waals surface area (Å²) >= 11 is 0. The van der Waals surface area contributed by atoms with Crippen LogP contribution in [0, 0.1) is 0 Å². The first-order chi connectivity index (χ1) is 6.83. The minimum Gasteiger partial charge on any atom is -0.394 e. The third-order valence-electron chi connectivity index (χ3n) is 3.08. The second-order valence-electron chi connectivity index (χ2n) is 4.01. The fourth-order valence-corrected chi connectivity index (χ4v) is 2.27. The Morgan fingerprint density at radius 1 is 1.43 bits per heavy atom. The van der Waals surface area contributed by atoms with Crippen LogP contribution in [-0.4, -0.2) is 47.8 Å². The number of aliphatic hydroxyl groups is 1. The number of nitrogens with zero attached hydrogens (tertiary/aromatic N) is 1. The number of hydrogen-bond acceptors (Lipinski definition) is 3. The lowest BCUT2D eigenvalue weighted by Crippen LogP contribution is -2.43. The van der Waals surface area contributed by atoms with Crippen LogP contribution in [-0.2, 0) is 9.53 Å². The van der Waals surface area contributed by atoms with Gasteiger partial charge in [-0.25, -0.2) is 0 Å². The molecule has 2 atom stereocenters. The van der Waals surface area contributed by atoms with Crippen LogP contribution in [0.4, 0.5) is 0 Å². The van der Waals surface area contributed by atoms with E-state index in [4.69, 9.17) is 9.84 Å². The minimum atomic E-state index is -0.234. The van der Waals surface area contributed by atoms with E-state index in [-0.39, 0.29) is 24.7 Å². The molecule has 1 unspecified atom stereocenters. The molecule has 1 N–H and O–H groups in total. The molecule has 0 radical (unpaired) electrons. The number of hydrogen-bond donors (Lipinski definition) is 1. The third-order valence-corrected chi connectivity index (χ3v) is 3.08. The van der Waals surface area contributed by atoms with Crippen molar-refractivity contribution in [2.45, 2.75) is 37.8 Å². The van der Waals surface area contributed by atoms with Crippen molar-refractivity contribution in [3.63, 3.8) is 0 Å². The molecule has 4 heteroatoms. The monoisotopic (exact) mass is 199 g/mol. The average molecular weight is 199 g/mol. The topological polar surface area (TPSA) is 49.8 Å². The molecule has 0 aliphatic carbocycles. The Balaban J connectivity index is 1.95. The Hall–Kier alpha value is -0.610. The second kappa shape index (κ2) is 4.28. The fourth-order valence-electron chi connectivity index (χ4n) is 2.27. The molecule has 2 aliphatic rings. The maximum atomic E-state index is 11.9. The number of amides is 1. The van der Waals surface area contributed by atoms with E-state index >= 15 is 0 Å². The van der Waals surface area contributed by atoms with E-state index in [9.17, 15) is 4.79 Å². The lowest BCUT2D eigenvalue weighted by atomic mass is 10.2. The zero-order chi connectivity index (χ0) is 9.97. The van der Waals surface area contributed by atoms with E-state index in [0.717, 1.165) is 32.2 Å². The van der Waals surface area contributed by atoms with Crippen LogP contribution in [0.1, 0.15) is 25.7 Å². The van der Waals surface area contributed by atoms with Gasteiger partial charge >= 0.3 is 0 Å². The Morgan fingerprint density at radius 2 is 2.29 bits per heavy atom. The molecule has 0 aromatic rings. The molecular formula is C10H17NO3. The molecular weight excluding hydrogens is 182 g/mol. The van der Waals surface area contributed by atoms with Crippen LogP contribution in [0.25, 0.3) is 0 Å². The van der Waals surface area contributed by atoms with Crippen molar-refractivity contribution in [2.24, 2.45) is 0 Å². The molecule has 80 valence electrons.